The van der Waals surface area contributed by atoms with Crippen LogP contribution in [0.3, 0.4) is 0 Å². The minimum Gasteiger partial charge on any atom is -0.379 e. The van der Waals surface area contributed by atoms with Crippen molar-refractivity contribution in [1.82, 2.24) is 14.1 Å². The zero-order chi connectivity index (χ0) is 12.5. The number of aryl methyl sites for hydroxylation is 1. The molecule has 3 heterocycles. The molecule has 0 aliphatic carbocycles. The van der Waals surface area contributed by atoms with Crippen LogP contribution in [-0.4, -0.2) is 27.3 Å². The molecular formula is C13H15N3O2. The van der Waals surface area contributed by atoms with E-state index in [1.54, 1.807) is 24.0 Å². The van der Waals surface area contributed by atoms with Crippen molar-refractivity contribution in [3.8, 4) is 11.4 Å². The molecule has 3 rings (SSSR count). The minimum absolute atomic E-state index is 0.0242. The fraction of sp³-hybridized carbons (Fsp3) is 0.385. The van der Waals surface area contributed by atoms with Crippen molar-refractivity contribution in [3.05, 3.63) is 41.1 Å². The van der Waals surface area contributed by atoms with Crippen LogP contribution >= 0.6 is 0 Å². The molecule has 1 unspecified atom stereocenters. The molecule has 1 aliphatic heterocycles. The third kappa shape index (κ3) is 1.76. The summed E-state index contributed by atoms with van der Waals surface area (Å²) in [5.41, 5.74) is 0.612. The summed E-state index contributed by atoms with van der Waals surface area (Å²) in [5, 5.41) is 0. The van der Waals surface area contributed by atoms with Crippen LogP contribution in [0.5, 0.6) is 0 Å². The zero-order valence-electron chi connectivity index (χ0n) is 10.2. The maximum atomic E-state index is 12.1. The number of nitrogens with zero attached hydrogens (tertiary/aromatic N) is 3. The molecule has 0 saturated carbocycles. The number of imidazole rings is 1. The predicted molar refractivity (Wildman–Crippen MR) is 67.4 cm³/mol. The van der Waals surface area contributed by atoms with Crippen LogP contribution in [-0.2, 0) is 11.8 Å². The van der Waals surface area contributed by atoms with Gasteiger partial charge in [-0.25, -0.2) is 4.98 Å². The number of rotatable bonds is 2. The van der Waals surface area contributed by atoms with E-state index in [9.17, 15) is 4.79 Å². The molecule has 5 heteroatoms. The van der Waals surface area contributed by atoms with Gasteiger partial charge in [0, 0.05) is 32.2 Å². The molecule has 5 nitrogen and oxygen atoms in total. The van der Waals surface area contributed by atoms with Crippen molar-refractivity contribution >= 4 is 0 Å². The van der Waals surface area contributed by atoms with Gasteiger partial charge in [0.2, 0.25) is 0 Å². The first-order chi connectivity index (χ1) is 8.77. The molecule has 2 aromatic heterocycles. The maximum Gasteiger partial charge on any atom is 0.261 e. The van der Waals surface area contributed by atoms with Gasteiger partial charge in [0.1, 0.15) is 5.82 Å². The third-order valence-corrected chi connectivity index (χ3v) is 3.33. The standard InChI is InChI=1S/C13H15N3O2/c1-15-6-2-3-11(13(15)17)12-14-5-7-16(12)10-4-8-18-9-10/h2-3,5-7,10H,4,8-9H2,1H3. The van der Waals surface area contributed by atoms with Gasteiger partial charge in [-0.3, -0.25) is 4.79 Å². The van der Waals surface area contributed by atoms with Crippen molar-refractivity contribution in [3.63, 3.8) is 0 Å². The van der Waals surface area contributed by atoms with Gasteiger partial charge in [-0.05, 0) is 18.6 Å². The molecule has 2 aromatic rings. The van der Waals surface area contributed by atoms with Crippen molar-refractivity contribution in [1.29, 1.82) is 0 Å². The molecule has 1 fully saturated rings. The Morgan fingerprint density at radius 2 is 2.33 bits per heavy atom. The predicted octanol–water partition coefficient (Wildman–Crippen LogP) is 1.21. The fourth-order valence-electron chi connectivity index (χ4n) is 2.33. The molecule has 1 atom stereocenters. The lowest BCUT2D eigenvalue weighted by Gasteiger charge is -2.13. The molecule has 0 N–H and O–H groups in total. The first kappa shape index (κ1) is 11.2. The number of hydrogen-bond donors (Lipinski definition) is 0. The molecular weight excluding hydrogens is 230 g/mol. The molecule has 94 valence electrons. The summed E-state index contributed by atoms with van der Waals surface area (Å²) in [4.78, 5) is 16.4. The van der Waals surface area contributed by atoms with Gasteiger partial charge in [-0.2, -0.15) is 0 Å². The van der Waals surface area contributed by atoms with E-state index in [0.717, 1.165) is 18.9 Å². The van der Waals surface area contributed by atoms with E-state index < -0.39 is 0 Å². The normalized spacial score (nSPS) is 19.3. The maximum absolute atomic E-state index is 12.1. The summed E-state index contributed by atoms with van der Waals surface area (Å²) in [6, 6.07) is 3.96. The topological polar surface area (TPSA) is 49.0 Å². The van der Waals surface area contributed by atoms with Crippen LogP contribution in [0.15, 0.2) is 35.5 Å². The molecule has 1 aliphatic rings. The highest BCUT2D eigenvalue weighted by Gasteiger charge is 2.21. The van der Waals surface area contributed by atoms with E-state index >= 15 is 0 Å². The van der Waals surface area contributed by atoms with Gasteiger partial charge >= 0.3 is 0 Å². The van der Waals surface area contributed by atoms with Crippen LogP contribution < -0.4 is 5.56 Å². The first-order valence-corrected chi connectivity index (χ1v) is 6.04. The zero-order valence-corrected chi connectivity index (χ0v) is 10.2. The quantitative estimate of drug-likeness (QED) is 0.799. The average molecular weight is 245 g/mol. The Balaban J connectivity index is 2.09. The van der Waals surface area contributed by atoms with Gasteiger partial charge in [-0.15, -0.1) is 0 Å². The Bertz CT molecular complexity index is 609. The SMILES string of the molecule is Cn1cccc(-c2nccn2C2CCOC2)c1=O. The van der Waals surface area contributed by atoms with Crippen molar-refractivity contribution in [2.24, 2.45) is 7.05 Å². The van der Waals surface area contributed by atoms with E-state index in [1.807, 2.05) is 22.9 Å². The van der Waals surface area contributed by atoms with E-state index in [1.165, 1.54) is 0 Å². The molecule has 0 spiro atoms. The number of pyridine rings is 1. The van der Waals surface area contributed by atoms with Crippen LogP contribution in [0, 0.1) is 0 Å². The van der Waals surface area contributed by atoms with E-state index in [2.05, 4.69) is 4.98 Å². The third-order valence-electron chi connectivity index (χ3n) is 3.33. The van der Waals surface area contributed by atoms with Crippen LogP contribution in [0.4, 0.5) is 0 Å². The molecule has 0 aromatic carbocycles. The molecule has 0 bridgehead atoms. The Morgan fingerprint density at radius 1 is 1.44 bits per heavy atom. The van der Waals surface area contributed by atoms with Crippen molar-refractivity contribution in [2.45, 2.75) is 12.5 Å². The second kappa shape index (κ2) is 4.42. The highest BCUT2D eigenvalue weighted by molar-refractivity contribution is 5.54. The van der Waals surface area contributed by atoms with E-state index in [4.69, 9.17) is 4.74 Å². The molecule has 18 heavy (non-hydrogen) atoms. The van der Waals surface area contributed by atoms with Gasteiger partial charge in [0.15, 0.2) is 0 Å². The second-order valence-electron chi connectivity index (χ2n) is 4.51. The lowest BCUT2D eigenvalue weighted by molar-refractivity contribution is 0.187. The number of aromatic nitrogens is 3. The number of ether oxygens (including phenoxy) is 1. The van der Waals surface area contributed by atoms with Crippen LogP contribution in [0.25, 0.3) is 11.4 Å². The summed E-state index contributed by atoms with van der Waals surface area (Å²) >= 11 is 0. The van der Waals surface area contributed by atoms with Gasteiger partial charge in [0.25, 0.3) is 5.56 Å². The monoisotopic (exact) mass is 245 g/mol. The van der Waals surface area contributed by atoms with Crippen LogP contribution in [0.1, 0.15) is 12.5 Å². The summed E-state index contributed by atoms with van der Waals surface area (Å²) in [5.74, 6) is 0.728. The van der Waals surface area contributed by atoms with Crippen LogP contribution in [0.2, 0.25) is 0 Å². The Kier molecular flexibility index (Phi) is 2.76. The fourth-order valence-corrected chi connectivity index (χ4v) is 2.33. The summed E-state index contributed by atoms with van der Waals surface area (Å²) < 4.78 is 9.01. The Labute approximate surface area is 105 Å². The Morgan fingerprint density at radius 3 is 3.11 bits per heavy atom. The van der Waals surface area contributed by atoms with Crippen molar-refractivity contribution in [2.75, 3.05) is 13.2 Å². The summed E-state index contributed by atoms with van der Waals surface area (Å²) in [6.45, 7) is 1.46. The minimum atomic E-state index is -0.0242. The second-order valence-corrected chi connectivity index (χ2v) is 4.51. The average Bonchev–Trinajstić information content (AvgIpc) is 3.01. The molecule has 1 saturated heterocycles. The first-order valence-electron chi connectivity index (χ1n) is 6.04. The largest absolute Gasteiger partial charge is 0.379 e. The van der Waals surface area contributed by atoms with Crippen molar-refractivity contribution < 1.29 is 4.74 Å². The van der Waals surface area contributed by atoms with E-state index in [-0.39, 0.29) is 11.6 Å². The smallest absolute Gasteiger partial charge is 0.261 e. The summed E-state index contributed by atoms with van der Waals surface area (Å²) in [7, 11) is 1.75. The van der Waals surface area contributed by atoms with Gasteiger partial charge in [0.05, 0.1) is 18.2 Å². The van der Waals surface area contributed by atoms with Gasteiger partial charge < -0.3 is 13.9 Å². The lowest BCUT2D eigenvalue weighted by Crippen LogP contribution is -2.20. The molecule has 0 amide bonds. The lowest BCUT2D eigenvalue weighted by atomic mass is 10.2. The Hall–Kier alpha value is -1.88. The highest BCUT2D eigenvalue weighted by Crippen LogP contribution is 2.24. The molecule has 0 radical (unpaired) electrons. The van der Waals surface area contributed by atoms with Gasteiger partial charge in [-0.1, -0.05) is 0 Å². The summed E-state index contributed by atoms with van der Waals surface area (Å²) in [6.07, 6.45) is 6.37. The number of hydrogen-bond acceptors (Lipinski definition) is 3. The van der Waals surface area contributed by atoms with E-state index in [0.29, 0.717) is 12.2 Å². The highest BCUT2D eigenvalue weighted by atomic mass is 16.5.